The van der Waals surface area contributed by atoms with Gasteiger partial charge in [0.2, 0.25) is 0 Å². The van der Waals surface area contributed by atoms with Crippen LogP contribution in [0.3, 0.4) is 0 Å². The zero-order chi connectivity index (χ0) is 21.6. The quantitative estimate of drug-likeness (QED) is 0.543. The molecule has 0 aliphatic carbocycles. The summed E-state index contributed by atoms with van der Waals surface area (Å²) in [6.45, 7) is 2.43. The molecule has 3 N–H and O–H groups in total. The van der Waals surface area contributed by atoms with Crippen molar-refractivity contribution in [2.24, 2.45) is 0 Å². The number of hydrogen-bond acceptors (Lipinski definition) is 5. The summed E-state index contributed by atoms with van der Waals surface area (Å²) in [6, 6.07) is 12.2. The maximum absolute atomic E-state index is 13.4. The van der Waals surface area contributed by atoms with Gasteiger partial charge >= 0.3 is 6.03 Å². The number of aliphatic hydroxyl groups is 1. The van der Waals surface area contributed by atoms with Gasteiger partial charge in [-0.15, -0.1) is 0 Å². The lowest BCUT2D eigenvalue weighted by Crippen LogP contribution is -2.39. The number of anilines is 1. The Hall–Kier alpha value is -3.23. The highest BCUT2D eigenvalue weighted by Crippen LogP contribution is 2.23. The molecule has 0 radical (unpaired) electrons. The minimum atomic E-state index is -0.318. The molecule has 7 nitrogen and oxygen atoms in total. The second-order valence-electron chi connectivity index (χ2n) is 7.59. The summed E-state index contributed by atoms with van der Waals surface area (Å²) in [5, 5.41) is 16.6. The van der Waals surface area contributed by atoms with Crippen molar-refractivity contribution in [3.63, 3.8) is 0 Å². The molecule has 1 fully saturated rings. The van der Waals surface area contributed by atoms with Crippen LogP contribution in [-0.2, 0) is 6.54 Å². The zero-order valence-electron chi connectivity index (χ0n) is 17.1. The summed E-state index contributed by atoms with van der Waals surface area (Å²) in [5.41, 5.74) is 1.61. The third kappa shape index (κ3) is 5.48. The van der Waals surface area contributed by atoms with E-state index in [9.17, 15) is 9.18 Å². The van der Waals surface area contributed by atoms with Crippen molar-refractivity contribution in [1.82, 2.24) is 15.2 Å². The van der Waals surface area contributed by atoms with Gasteiger partial charge in [-0.05, 0) is 41.0 Å². The van der Waals surface area contributed by atoms with Gasteiger partial charge in [-0.25, -0.2) is 9.18 Å². The number of amides is 2. The maximum Gasteiger partial charge on any atom is 0.319 e. The minimum Gasteiger partial charge on any atom is -0.489 e. The standard InChI is InChI=1S/C23H25FN4O3/c24-19-4-3-17-11-16(1-2-18(17)12-19)14-28-8-6-20(15-28)26-23(30)27-21-13-25-7-5-22(21)31-10-9-29/h1-5,7,11-13,20,29H,6,8-10,14-15H2,(H2,26,27,30)/t20-/m1/s1. The largest absolute Gasteiger partial charge is 0.489 e. The van der Waals surface area contributed by atoms with Crippen molar-refractivity contribution in [3.05, 3.63) is 66.2 Å². The number of pyridine rings is 1. The molecule has 0 saturated carbocycles. The van der Waals surface area contributed by atoms with Gasteiger partial charge in [-0.1, -0.05) is 18.2 Å². The van der Waals surface area contributed by atoms with Gasteiger partial charge in [0, 0.05) is 37.9 Å². The average molecular weight is 424 g/mol. The molecule has 0 spiro atoms. The third-order valence-corrected chi connectivity index (χ3v) is 5.26. The summed E-state index contributed by atoms with van der Waals surface area (Å²) in [6.07, 6.45) is 3.93. The molecule has 0 bridgehead atoms. The number of aromatic nitrogens is 1. The molecule has 3 aromatic rings. The van der Waals surface area contributed by atoms with E-state index in [-0.39, 0.29) is 31.1 Å². The van der Waals surface area contributed by atoms with Crippen LogP contribution in [0.15, 0.2) is 54.9 Å². The molecule has 1 aromatic heterocycles. The Labute approximate surface area is 179 Å². The number of rotatable bonds is 7. The van der Waals surface area contributed by atoms with E-state index in [1.165, 1.54) is 18.3 Å². The van der Waals surface area contributed by atoms with Crippen LogP contribution in [0.5, 0.6) is 5.75 Å². The molecule has 0 unspecified atom stereocenters. The van der Waals surface area contributed by atoms with Crippen molar-refractivity contribution in [1.29, 1.82) is 0 Å². The van der Waals surface area contributed by atoms with Crippen molar-refractivity contribution in [2.75, 3.05) is 31.6 Å². The number of carbonyl (C=O) groups excluding carboxylic acids is 1. The smallest absolute Gasteiger partial charge is 0.319 e. The fourth-order valence-corrected chi connectivity index (χ4v) is 3.82. The monoisotopic (exact) mass is 424 g/mol. The van der Waals surface area contributed by atoms with Crippen molar-refractivity contribution in [3.8, 4) is 5.75 Å². The topological polar surface area (TPSA) is 86.7 Å². The first kappa shape index (κ1) is 21.0. The van der Waals surface area contributed by atoms with E-state index in [0.717, 1.165) is 42.4 Å². The summed E-state index contributed by atoms with van der Waals surface area (Å²) >= 11 is 0. The molecule has 2 aromatic carbocycles. The first-order valence-corrected chi connectivity index (χ1v) is 10.3. The van der Waals surface area contributed by atoms with Crippen molar-refractivity contribution >= 4 is 22.5 Å². The lowest BCUT2D eigenvalue weighted by Gasteiger charge is -2.18. The number of fused-ring (bicyclic) bond motifs is 1. The molecule has 1 aliphatic heterocycles. The lowest BCUT2D eigenvalue weighted by atomic mass is 10.1. The number of aliphatic hydroxyl groups excluding tert-OH is 1. The molecule has 8 heteroatoms. The van der Waals surface area contributed by atoms with Gasteiger partial charge in [0.05, 0.1) is 12.8 Å². The van der Waals surface area contributed by atoms with Gasteiger partial charge in [0.15, 0.2) is 0 Å². The highest BCUT2D eigenvalue weighted by molar-refractivity contribution is 5.90. The van der Waals surface area contributed by atoms with E-state index in [1.807, 2.05) is 12.1 Å². The molecule has 31 heavy (non-hydrogen) atoms. The molecular formula is C23H25FN4O3. The van der Waals surface area contributed by atoms with Crippen LogP contribution in [0.4, 0.5) is 14.9 Å². The van der Waals surface area contributed by atoms with Gasteiger partial charge in [0.1, 0.15) is 23.9 Å². The van der Waals surface area contributed by atoms with Crippen molar-refractivity contribution in [2.45, 2.75) is 19.0 Å². The molecule has 2 heterocycles. The second-order valence-corrected chi connectivity index (χ2v) is 7.59. The number of nitrogens with one attached hydrogen (secondary N) is 2. The Morgan fingerprint density at radius 3 is 2.94 bits per heavy atom. The van der Waals surface area contributed by atoms with Gasteiger partial charge in [0.25, 0.3) is 0 Å². The first-order valence-electron chi connectivity index (χ1n) is 10.3. The van der Waals surface area contributed by atoms with E-state index < -0.39 is 0 Å². The fourth-order valence-electron chi connectivity index (χ4n) is 3.82. The Kier molecular flexibility index (Phi) is 6.59. The van der Waals surface area contributed by atoms with Crippen LogP contribution < -0.4 is 15.4 Å². The maximum atomic E-state index is 13.4. The predicted octanol–water partition coefficient (Wildman–Crippen LogP) is 3.14. The van der Waals surface area contributed by atoms with E-state index in [4.69, 9.17) is 9.84 Å². The average Bonchev–Trinajstić information content (AvgIpc) is 3.19. The van der Waals surface area contributed by atoms with E-state index in [1.54, 1.807) is 18.3 Å². The number of urea groups is 1. The molecule has 1 saturated heterocycles. The fraction of sp³-hybridized carbons (Fsp3) is 0.304. The molecule has 2 amide bonds. The highest BCUT2D eigenvalue weighted by Gasteiger charge is 2.24. The molecular weight excluding hydrogens is 399 g/mol. The van der Waals surface area contributed by atoms with Gasteiger partial charge in [-0.2, -0.15) is 0 Å². The lowest BCUT2D eigenvalue weighted by molar-refractivity contribution is 0.202. The van der Waals surface area contributed by atoms with Crippen molar-refractivity contribution < 1.29 is 19.0 Å². The molecule has 1 atom stereocenters. The van der Waals surface area contributed by atoms with Gasteiger partial charge in [-0.3, -0.25) is 9.88 Å². The Morgan fingerprint density at radius 1 is 1.23 bits per heavy atom. The van der Waals surface area contributed by atoms with Crippen LogP contribution in [0.2, 0.25) is 0 Å². The predicted molar refractivity (Wildman–Crippen MR) is 117 cm³/mol. The normalized spacial score (nSPS) is 16.4. The Morgan fingerprint density at radius 2 is 2.06 bits per heavy atom. The van der Waals surface area contributed by atoms with E-state index in [2.05, 4.69) is 26.6 Å². The number of hydrogen-bond donors (Lipinski definition) is 3. The highest BCUT2D eigenvalue weighted by atomic mass is 19.1. The Balaban J connectivity index is 1.30. The summed E-state index contributed by atoms with van der Waals surface area (Å²) < 4.78 is 18.8. The molecule has 4 rings (SSSR count). The third-order valence-electron chi connectivity index (χ3n) is 5.26. The van der Waals surface area contributed by atoms with E-state index >= 15 is 0 Å². The van der Waals surface area contributed by atoms with Crippen LogP contribution >= 0.6 is 0 Å². The molecule has 162 valence electrons. The minimum absolute atomic E-state index is 0.0352. The van der Waals surface area contributed by atoms with Gasteiger partial charge < -0.3 is 20.5 Å². The van der Waals surface area contributed by atoms with Crippen LogP contribution in [0.25, 0.3) is 10.8 Å². The first-order chi connectivity index (χ1) is 15.1. The second kappa shape index (κ2) is 9.72. The summed E-state index contributed by atoms with van der Waals surface area (Å²) in [5.74, 6) is 0.230. The summed E-state index contributed by atoms with van der Waals surface area (Å²) in [7, 11) is 0. The number of nitrogens with zero attached hydrogens (tertiary/aromatic N) is 2. The van der Waals surface area contributed by atoms with E-state index in [0.29, 0.717) is 11.4 Å². The number of benzene rings is 2. The van der Waals surface area contributed by atoms with Crippen LogP contribution in [-0.4, -0.2) is 53.4 Å². The number of halogens is 1. The van der Waals surface area contributed by atoms with Crippen LogP contribution in [0, 0.1) is 5.82 Å². The number of ether oxygens (including phenoxy) is 1. The zero-order valence-corrected chi connectivity index (χ0v) is 17.1. The Bertz CT molecular complexity index is 1060. The number of likely N-dealkylation sites (tertiary alicyclic amines) is 1. The number of carbonyl (C=O) groups is 1. The SMILES string of the molecule is O=C(Nc1cnccc1OCCO)N[C@@H]1CCN(Cc2ccc3cc(F)ccc3c2)C1. The summed E-state index contributed by atoms with van der Waals surface area (Å²) in [4.78, 5) is 18.7. The van der Waals surface area contributed by atoms with Crippen LogP contribution in [0.1, 0.15) is 12.0 Å². The molecule has 1 aliphatic rings.